The van der Waals surface area contributed by atoms with Crippen molar-refractivity contribution in [3.05, 3.63) is 6.20 Å². The van der Waals surface area contributed by atoms with E-state index in [1.54, 1.807) is 0 Å². The van der Waals surface area contributed by atoms with Crippen LogP contribution < -0.4 is 10.5 Å². The molecule has 1 saturated carbocycles. The zero-order valence-corrected chi connectivity index (χ0v) is 10.5. The quantitative estimate of drug-likeness (QED) is 0.704. The molecule has 4 N–H and O–H groups in total. The first-order chi connectivity index (χ1) is 8.09. The van der Waals surface area contributed by atoms with Gasteiger partial charge in [-0.25, -0.2) is 13.1 Å². The van der Waals surface area contributed by atoms with Gasteiger partial charge in [0.2, 0.25) is 10.0 Å². The zero-order valence-electron chi connectivity index (χ0n) is 9.65. The predicted octanol–water partition coefficient (Wildman–Crippen LogP) is 0.993. The van der Waals surface area contributed by atoms with Crippen molar-refractivity contribution in [3.63, 3.8) is 0 Å². The molecule has 96 valence electrons. The number of hydrogen-bond donors (Lipinski definition) is 3. The lowest BCUT2D eigenvalue weighted by molar-refractivity contribution is 0.510. The molecule has 1 aliphatic rings. The van der Waals surface area contributed by atoms with E-state index in [1.165, 1.54) is 19.0 Å². The molecule has 1 aliphatic carbocycles. The summed E-state index contributed by atoms with van der Waals surface area (Å²) >= 11 is 0. The largest absolute Gasteiger partial charge is 0.383 e. The number of nitrogens with zero attached hydrogens (tertiary/aromatic N) is 1. The Morgan fingerprint density at radius 2 is 1.94 bits per heavy atom. The van der Waals surface area contributed by atoms with Crippen molar-refractivity contribution in [2.45, 2.75) is 49.5 Å². The number of aromatic amines is 1. The van der Waals surface area contributed by atoms with Crippen LogP contribution in [0.15, 0.2) is 11.1 Å². The van der Waals surface area contributed by atoms with Crippen LogP contribution in [0.1, 0.15) is 38.5 Å². The summed E-state index contributed by atoms with van der Waals surface area (Å²) in [6.07, 6.45) is 7.57. The molecule has 6 nitrogen and oxygen atoms in total. The maximum atomic E-state index is 12.0. The van der Waals surface area contributed by atoms with Gasteiger partial charge in [-0.2, -0.15) is 5.10 Å². The van der Waals surface area contributed by atoms with Gasteiger partial charge in [-0.15, -0.1) is 0 Å². The highest BCUT2D eigenvalue weighted by Crippen LogP contribution is 2.20. The molecule has 0 atom stereocenters. The third-order valence-electron chi connectivity index (χ3n) is 3.10. The van der Waals surface area contributed by atoms with Crippen molar-refractivity contribution in [2.24, 2.45) is 0 Å². The van der Waals surface area contributed by atoms with Gasteiger partial charge in [0.05, 0.1) is 6.20 Å². The summed E-state index contributed by atoms with van der Waals surface area (Å²) in [7, 11) is -3.53. The number of H-pyrrole nitrogens is 1. The monoisotopic (exact) mass is 258 g/mol. The SMILES string of the molecule is Nc1[nH]ncc1S(=O)(=O)NC1CCCCCC1. The normalized spacial score (nSPS) is 19.1. The van der Waals surface area contributed by atoms with Crippen molar-refractivity contribution < 1.29 is 8.42 Å². The first-order valence-electron chi connectivity index (χ1n) is 5.91. The average Bonchev–Trinajstić information content (AvgIpc) is 2.55. The van der Waals surface area contributed by atoms with Crippen LogP contribution in [-0.2, 0) is 10.0 Å². The van der Waals surface area contributed by atoms with E-state index in [2.05, 4.69) is 14.9 Å². The molecule has 1 heterocycles. The molecule has 17 heavy (non-hydrogen) atoms. The van der Waals surface area contributed by atoms with Crippen LogP contribution >= 0.6 is 0 Å². The first kappa shape index (κ1) is 12.4. The number of nitrogens with two attached hydrogens (primary N) is 1. The molecule has 7 heteroatoms. The van der Waals surface area contributed by atoms with E-state index in [4.69, 9.17) is 5.73 Å². The molecule has 0 radical (unpaired) electrons. The summed E-state index contributed by atoms with van der Waals surface area (Å²) in [4.78, 5) is 0.0433. The molecule has 2 rings (SSSR count). The lowest BCUT2D eigenvalue weighted by Gasteiger charge is -2.15. The molecule has 0 spiro atoms. The van der Waals surface area contributed by atoms with Crippen molar-refractivity contribution in [3.8, 4) is 0 Å². The topological polar surface area (TPSA) is 101 Å². The number of nitrogens with one attached hydrogen (secondary N) is 2. The molecule has 0 bridgehead atoms. The summed E-state index contributed by atoms with van der Waals surface area (Å²) in [6.45, 7) is 0. The highest BCUT2D eigenvalue weighted by molar-refractivity contribution is 7.89. The van der Waals surface area contributed by atoms with Crippen LogP contribution in [0.5, 0.6) is 0 Å². The molecular weight excluding hydrogens is 240 g/mol. The molecule has 1 aromatic heterocycles. The van der Waals surface area contributed by atoms with Gasteiger partial charge >= 0.3 is 0 Å². The number of sulfonamides is 1. The molecule has 0 saturated heterocycles. The zero-order chi connectivity index (χ0) is 12.3. The minimum atomic E-state index is -3.53. The van der Waals surface area contributed by atoms with Crippen molar-refractivity contribution >= 4 is 15.8 Å². The molecule has 1 fully saturated rings. The van der Waals surface area contributed by atoms with Crippen LogP contribution in [0, 0.1) is 0 Å². The van der Waals surface area contributed by atoms with Crippen LogP contribution in [0.2, 0.25) is 0 Å². The number of aromatic nitrogens is 2. The highest BCUT2D eigenvalue weighted by Gasteiger charge is 2.23. The Bertz CT molecular complexity index is 460. The first-order valence-corrected chi connectivity index (χ1v) is 7.39. The summed E-state index contributed by atoms with van der Waals surface area (Å²) in [5.74, 6) is 0.0890. The molecule has 0 amide bonds. The number of hydrogen-bond acceptors (Lipinski definition) is 4. The van der Waals surface area contributed by atoms with Gasteiger partial charge in [-0.1, -0.05) is 25.7 Å². The van der Waals surface area contributed by atoms with Gasteiger partial charge in [0.1, 0.15) is 10.7 Å². The summed E-state index contributed by atoms with van der Waals surface area (Å²) in [5, 5.41) is 6.06. The predicted molar refractivity (Wildman–Crippen MR) is 64.8 cm³/mol. The van der Waals surface area contributed by atoms with Crippen molar-refractivity contribution in [1.29, 1.82) is 0 Å². The Morgan fingerprint density at radius 3 is 2.47 bits per heavy atom. The van der Waals surface area contributed by atoms with E-state index < -0.39 is 10.0 Å². The second-order valence-corrected chi connectivity index (χ2v) is 6.14. The molecular formula is C10H18N4O2S. The van der Waals surface area contributed by atoms with Crippen molar-refractivity contribution in [2.75, 3.05) is 5.73 Å². The van der Waals surface area contributed by atoms with Gasteiger partial charge in [-0.05, 0) is 12.8 Å². The Morgan fingerprint density at radius 1 is 1.29 bits per heavy atom. The molecule has 0 aromatic carbocycles. The fourth-order valence-corrected chi connectivity index (χ4v) is 3.51. The van der Waals surface area contributed by atoms with Crippen LogP contribution in [0.25, 0.3) is 0 Å². The summed E-state index contributed by atoms with van der Waals surface area (Å²) in [5.41, 5.74) is 5.53. The van der Waals surface area contributed by atoms with E-state index in [-0.39, 0.29) is 16.8 Å². The second-order valence-electron chi connectivity index (χ2n) is 4.46. The van der Waals surface area contributed by atoms with Gasteiger partial charge in [-0.3, -0.25) is 5.10 Å². The third kappa shape index (κ3) is 2.98. The van der Waals surface area contributed by atoms with Gasteiger partial charge < -0.3 is 5.73 Å². The third-order valence-corrected chi connectivity index (χ3v) is 4.65. The fourth-order valence-electron chi connectivity index (χ4n) is 2.18. The lowest BCUT2D eigenvalue weighted by atomic mass is 10.1. The average molecular weight is 258 g/mol. The van der Waals surface area contributed by atoms with Gasteiger partial charge in [0.15, 0.2) is 0 Å². The molecule has 0 aliphatic heterocycles. The maximum absolute atomic E-state index is 12.0. The van der Waals surface area contributed by atoms with Crippen LogP contribution in [-0.4, -0.2) is 24.7 Å². The Balaban J connectivity index is 2.09. The lowest BCUT2D eigenvalue weighted by Crippen LogP contribution is -2.34. The Kier molecular flexibility index (Phi) is 3.68. The van der Waals surface area contributed by atoms with E-state index in [9.17, 15) is 8.42 Å². The van der Waals surface area contributed by atoms with E-state index in [0.29, 0.717) is 0 Å². The fraction of sp³-hybridized carbons (Fsp3) is 0.700. The van der Waals surface area contributed by atoms with E-state index in [0.717, 1.165) is 25.7 Å². The molecule has 1 aromatic rings. The van der Waals surface area contributed by atoms with Crippen molar-refractivity contribution in [1.82, 2.24) is 14.9 Å². The van der Waals surface area contributed by atoms with E-state index in [1.807, 2.05) is 0 Å². The molecule has 0 unspecified atom stereocenters. The standard InChI is InChI=1S/C10H18N4O2S/c11-10-9(7-12-13-10)17(15,16)14-8-5-3-1-2-4-6-8/h7-8,14H,1-6H2,(H3,11,12,13). The van der Waals surface area contributed by atoms with Crippen LogP contribution in [0.3, 0.4) is 0 Å². The number of anilines is 1. The second kappa shape index (κ2) is 5.05. The van der Waals surface area contributed by atoms with E-state index >= 15 is 0 Å². The van der Waals surface area contributed by atoms with Gasteiger partial charge in [0, 0.05) is 6.04 Å². The summed E-state index contributed by atoms with van der Waals surface area (Å²) in [6, 6.07) is 0.0248. The smallest absolute Gasteiger partial charge is 0.246 e. The van der Waals surface area contributed by atoms with Crippen LogP contribution in [0.4, 0.5) is 5.82 Å². The Labute approximate surface area is 101 Å². The van der Waals surface area contributed by atoms with Gasteiger partial charge in [0.25, 0.3) is 0 Å². The Hall–Kier alpha value is -1.08. The minimum absolute atomic E-state index is 0.0248. The minimum Gasteiger partial charge on any atom is -0.383 e. The summed E-state index contributed by atoms with van der Waals surface area (Å²) < 4.78 is 26.8. The highest BCUT2D eigenvalue weighted by atomic mass is 32.2. The maximum Gasteiger partial charge on any atom is 0.246 e. The number of nitrogen functional groups attached to an aromatic ring is 1. The number of rotatable bonds is 3.